The summed E-state index contributed by atoms with van der Waals surface area (Å²) in [6, 6.07) is 0. The van der Waals surface area contributed by atoms with Crippen LogP contribution in [0.15, 0.2) is 0 Å². The number of nitrogens with one attached hydrogen (secondary N) is 1. The lowest BCUT2D eigenvalue weighted by Crippen LogP contribution is -2.46. The van der Waals surface area contributed by atoms with Crippen molar-refractivity contribution in [3.05, 3.63) is 0 Å². The molecule has 1 atom stereocenters. The molecule has 1 saturated heterocycles. The van der Waals surface area contributed by atoms with Gasteiger partial charge in [0.2, 0.25) is 0 Å². The number of hydrogen-bond acceptors (Lipinski definition) is 3. The topological polar surface area (TPSA) is 52.6 Å². The molecule has 0 amide bonds. The summed E-state index contributed by atoms with van der Waals surface area (Å²) in [4.78, 5) is 13.3. The van der Waals surface area contributed by atoms with E-state index < -0.39 is 5.97 Å². The summed E-state index contributed by atoms with van der Waals surface area (Å²) in [5.41, 5.74) is 0. The zero-order valence-corrected chi connectivity index (χ0v) is 8.41. The molecule has 4 heteroatoms. The van der Waals surface area contributed by atoms with E-state index in [0.717, 1.165) is 45.6 Å². The summed E-state index contributed by atoms with van der Waals surface area (Å²) in [5.74, 6) is -0.262. The number of carbonyl (C=O) groups is 1. The highest BCUT2D eigenvalue weighted by atomic mass is 16.4. The van der Waals surface area contributed by atoms with Crippen LogP contribution < -0.4 is 5.32 Å². The van der Waals surface area contributed by atoms with E-state index in [0.29, 0.717) is 5.92 Å². The van der Waals surface area contributed by atoms with Gasteiger partial charge >= 0.3 is 5.97 Å². The first-order chi connectivity index (χ1) is 6.77. The molecule has 1 unspecified atom stereocenters. The highest BCUT2D eigenvalue weighted by Crippen LogP contribution is 2.37. The van der Waals surface area contributed by atoms with Crippen LogP contribution in [-0.2, 0) is 4.79 Å². The maximum atomic E-state index is 11.0. The fourth-order valence-corrected chi connectivity index (χ4v) is 2.10. The second-order valence-electron chi connectivity index (χ2n) is 4.33. The van der Waals surface area contributed by atoms with Gasteiger partial charge in [-0.2, -0.15) is 0 Å². The highest BCUT2D eigenvalue weighted by molar-refractivity contribution is 5.71. The molecule has 2 rings (SSSR count). The second-order valence-corrected chi connectivity index (χ2v) is 4.33. The van der Waals surface area contributed by atoms with Gasteiger partial charge in [-0.1, -0.05) is 0 Å². The Morgan fingerprint density at radius 3 is 2.57 bits per heavy atom. The SMILES string of the molecule is O=C(O)C(CN1CCNCC1)C1CC1. The van der Waals surface area contributed by atoms with Crippen LogP contribution in [-0.4, -0.2) is 48.7 Å². The minimum atomic E-state index is -0.606. The number of piperazine rings is 1. The minimum Gasteiger partial charge on any atom is -0.481 e. The summed E-state index contributed by atoms with van der Waals surface area (Å²) >= 11 is 0. The van der Waals surface area contributed by atoms with E-state index in [1.807, 2.05) is 0 Å². The average Bonchev–Trinajstić information content (AvgIpc) is 2.99. The van der Waals surface area contributed by atoms with Gasteiger partial charge < -0.3 is 10.4 Å². The first kappa shape index (κ1) is 9.93. The van der Waals surface area contributed by atoms with Gasteiger partial charge in [0, 0.05) is 32.7 Å². The molecule has 0 aromatic carbocycles. The van der Waals surface area contributed by atoms with E-state index in [1.54, 1.807) is 0 Å². The molecular weight excluding hydrogens is 180 g/mol. The predicted octanol–water partition coefficient (Wildman–Crippen LogP) is 0.00240. The third-order valence-corrected chi connectivity index (χ3v) is 3.17. The van der Waals surface area contributed by atoms with Gasteiger partial charge in [0.05, 0.1) is 5.92 Å². The molecule has 1 heterocycles. The van der Waals surface area contributed by atoms with Crippen molar-refractivity contribution in [2.45, 2.75) is 12.8 Å². The first-order valence-corrected chi connectivity index (χ1v) is 5.43. The highest BCUT2D eigenvalue weighted by Gasteiger charge is 2.37. The third-order valence-electron chi connectivity index (χ3n) is 3.17. The van der Waals surface area contributed by atoms with Crippen molar-refractivity contribution >= 4 is 5.97 Å². The van der Waals surface area contributed by atoms with Crippen LogP contribution in [0.2, 0.25) is 0 Å². The second kappa shape index (κ2) is 4.28. The normalized spacial score (nSPS) is 26.0. The molecule has 14 heavy (non-hydrogen) atoms. The van der Waals surface area contributed by atoms with Crippen LogP contribution in [0.5, 0.6) is 0 Å². The zero-order valence-electron chi connectivity index (χ0n) is 8.41. The molecule has 2 aliphatic rings. The van der Waals surface area contributed by atoms with E-state index in [4.69, 9.17) is 5.11 Å². The summed E-state index contributed by atoms with van der Waals surface area (Å²) in [6.45, 7) is 4.74. The molecule has 2 N–H and O–H groups in total. The molecule has 0 aromatic rings. The van der Waals surface area contributed by atoms with Crippen molar-refractivity contribution in [2.75, 3.05) is 32.7 Å². The Balaban J connectivity index is 1.82. The van der Waals surface area contributed by atoms with Crippen LogP contribution in [0.1, 0.15) is 12.8 Å². The zero-order chi connectivity index (χ0) is 9.97. The monoisotopic (exact) mass is 198 g/mol. The van der Waals surface area contributed by atoms with E-state index >= 15 is 0 Å². The standard InChI is InChI=1S/C10H18N2O2/c13-10(14)9(8-1-2-8)7-12-5-3-11-4-6-12/h8-9,11H,1-7H2,(H,13,14). The lowest BCUT2D eigenvalue weighted by Gasteiger charge is -2.29. The van der Waals surface area contributed by atoms with E-state index in [1.165, 1.54) is 0 Å². The minimum absolute atomic E-state index is 0.118. The van der Waals surface area contributed by atoms with Crippen LogP contribution in [0.3, 0.4) is 0 Å². The summed E-state index contributed by atoms with van der Waals surface area (Å²) in [5, 5.41) is 12.3. The van der Waals surface area contributed by atoms with Crippen molar-refractivity contribution in [1.82, 2.24) is 10.2 Å². The number of carboxylic acids is 1. The molecule has 0 radical (unpaired) electrons. The van der Waals surface area contributed by atoms with Crippen LogP contribution in [0.4, 0.5) is 0 Å². The molecule has 0 bridgehead atoms. The molecule has 80 valence electrons. The Bertz CT molecular complexity index is 210. The fourth-order valence-electron chi connectivity index (χ4n) is 2.10. The lowest BCUT2D eigenvalue weighted by molar-refractivity contribution is -0.143. The van der Waals surface area contributed by atoms with Gasteiger partial charge in [-0.15, -0.1) is 0 Å². The summed E-state index contributed by atoms with van der Waals surface area (Å²) < 4.78 is 0. The van der Waals surface area contributed by atoms with Crippen LogP contribution >= 0.6 is 0 Å². The number of carboxylic acid groups (broad SMARTS) is 1. The number of aliphatic carboxylic acids is 1. The largest absolute Gasteiger partial charge is 0.481 e. The van der Waals surface area contributed by atoms with Gasteiger partial charge in [0.15, 0.2) is 0 Å². The number of rotatable bonds is 4. The van der Waals surface area contributed by atoms with Crippen molar-refractivity contribution in [1.29, 1.82) is 0 Å². The number of hydrogen-bond donors (Lipinski definition) is 2. The average molecular weight is 198 g/mol. The first-order valence-electron chi connectivity index (χ1n) is 5.43. The lowest BCUT2D eigenvalue weighted by atomic mass is 10.0. The van der Waals surface area contributed by atoms with Crippen LogP contribution in [0, 0.1) is 11.8 Å². The number of nitrogens with zero attached hydrogens (tertiary/aromatic N) is 1. The van der Waals surface area contributed by atoms with Gasteiger partial charge in [0.25, 0.3) is 0 Å². The van der Waals surface area contributed by atoms with Gasteiger partial charge in [0.1, 0.15) is 0 Å². The molecule has 1 saturated carbocycles. The smallest absolute Gasteiger partial charge is 0.308 e. The molecule has 0 aromatic heterocycles. The van der Waals surface area contributed by atoms with Gasteiger partial charge in [-0.3, -0.25) is 9.69 Å². The molecule has 0 spiro atoms. The Kier molecular flexibility index (Phi) is 3.03. The third kappa shape index (κ3) is 2.45. The molecular formula is C10H18N2O2. The molecule has 2 fully saturated rings. The van der Waals surface area contributed by atoms with E-state index in [2.05, 4.69) is 10.2 Å². The predicted molar refractivity (Wildman–Crippen MR) is 53.2 cm³/mol. The maximum Gasteiger partial charge on any atom is 0.308 e. The maximum absolute atomic E-state index is 11.0. The molecule has 4 nitrogen and oxygen atoms in total. The quantitative estimate of drug-likeness (QED) is 0.668. The molecule has 1 aliphatic carbocycles. The van der Waals surface area contributed by atoms with E-state index in [-0.39, 0.29) is 5.92 Å². The van der Waals surface area contributed by atoms with Crippen molar-refractivity contribution in [2.24, 2.45) is 11.8 Å². The molecule has 1 aliphatic heterocycles. The Morgan fingerprint density at radius 2 is 2.07 bits per heavy atom. The van der Waals surface area contributed by atoms with Crippen molar-refractivity contribution in [3.8, 4) is 0 Å². The summed E-state index contributed by atoms with van der Waals surface area (Å²) in [7, 11) is 0. The van der Waals surface area contributed by atoms with Gasteiger partial charge in [-0.25, -0.2) is 0 Å². The van der Waals surface area contributed by atoms with Crippen molar-refractivity contribution < 1.29 is 9.90 Å². The summed E-state index contributed by atoms with van der Waals surface area (Å²) in [6.07, 6.45) is 2.23. The fraction of sp³-hybridized carbons (Fsp3) is 0.900. The Morgan fingerprint density at radius 1 is 1.43 bits per heavy atom. The van der Waals surface area contributed by atoms with Crippen LogP contribution in [0.25, 0.3) is 0 Å². The Hall–Kier alpha value is -0.610. The van der Waals surface area contributed by atoms with E-state index in [9.17, 15) is 4.79 Å². The van der Waals surface area contributed by atoms with Gasteiger partial charge in [-0.05, 0) is 18.8 Å². The van der Waals surface area contributed by atoms with Crippen molar-refractivity contribution in [3.63, 3.8) is 0 Å². The Labute approximate surface area is 84.3 Å².